The van der Waals surface area contributed by atoms with Crippen molar-refractivity contribution >= 4 is 109 Å². The quantitative estimate of drug-likeness (QED) is 0.168. The van der Waals surface area contributed by atoms with E-state index >= 15 is 0 Å². The first-order valence-corrected chi connectivity index (χ1v) is 35.0. The third-order valence-corrected chi connectivity index (χ3v) is 23.5. The van der Waals surface area contributed by atoms with Gasteiger partial charge in [0, 0.05) is 73.7 Å². The lowest BCUT2D eigenvalue weighted by Crippen LogP contribution is -2.64. The van der Waals surface area contributed by atoms with Crippen LogP contribution in [-0.4, -0.2) is 18.0 Å². The van der Waals surface area contributed by atoms with Crippen LogP contribution in [0.5, 0.6) is 0 Å². The van der Waals surface area contributed by atoms with Gasteiger partial charge in [-0.15, -0.1) is 0 Å². The Morgan fingerprint density at radius 3 is 1.36 bits per heavy atom. The highest BCUT2D eigenvalue weighted by Crippen LogP contribution is 2.54. The second-order valence-electron chi connectivity index (χ2n) is 32.5. The van der Waals surface area contributed by atoms with Crippen LogP contribution in [0.3, 0.4) is 0 Å². The molecule has 11 aromatic rings. The van der Waals surface area contributed by atoms with E-state index in [-0.39, 0.29) is 40.5 Å². The van der Waals surface area contributed by atoms with E-state index in [4.69, 9.17) is 0 Å². The van der Waals surface area contributed by atoms with Crippen molar-refractivity contribution in [3.05, 3.63) is 250 Å². The molecule has 6 aliphatic rings. The van der Waals surface area contributed by atoms with Crippen LogP contribution in [0.2, 0.25) is 0 Å². The second-order valence-corrected chi connectivity index (χ2v) is 32.5. The minimum absolute atomic E-state index is 0.00429. The molecule has 4 aliphatic heterocycles. The molecule has 5 heterocycles. The van der Waals surface area contributed by atoms with Crippen molar-refractivity contribution in [3.8, 4) is 27.9 Å². The van der Waals surface area contributed by atoms with Crippen LogP contribution < -0.4 is 52.8 Å². The molecule has 17 rings (SSSR count). The van der Waals surface area contributed by atoms with Gasteiger partial charge in [-0.2, -0.15) is 0 Å². The molecule has 0 saturated heterocycles. The maximum atomic E-state index is 4.36. The van der Waals surface area contributed by atoms with Crippen LogP contribution in [0.4, 0.5) is 62.7 Å². The Bertz CT molecular complexity index is 5010. The molecule has 7 heteroatoms. The summed E-state index contributed by atoms with van der Waals surface area (Å²) in [6.45, 7) is 35.8. The van der Waals surface area contributed by atoms with E-state index in [1.807, 2.05) is 0 Å². The van der Waals surface area contributed by atoms with Gasteiger partial charge in [0.1, 0.15) is 5.82 Å². The fraction of sp³-hybridized carbons (Fsp3) is 0.273. The van der Waals surface area contributed by atoms with Gasteiger partial charge in [0.15, 0.2) is 0 Å². The van der Waals surface area contributed by atoms with Gasteiger partial charge in [-0.3, -0.25) is 9.47 Å². The minimum atomic E-state index is -0.238. The Hall–Kier alpha value is -9.19. The highest BCUT2D eigenvalue weighted by Gasteiger charge is 2.50. The van der Waals surface area contributed by atoms with E-state index in [9.17, 15) is 0 Å². The van der Waals surface area contributed by atoms with E-state index in [0.29, 0.717) is 0 Å². The van der Waals surface area contributed by atoms with Gasteiger partial charge in [0.2, 0.25) is 0 Å². The van der Waals surface area contributed by atoms with Gasteiger partial charge in [-0.25, -0.2) is 0 Å². The summed E-state index contributed by atoms with van der Waals surface area (Å²) in [6.07, 6.45) is 4.61. The zero-order valence-corrected chi connectivity index (χ0v) is 58.3. The maximum Gasteiger partial charge on any atom is 0.254 e. The highest BCUT2D eigenvalue weighted by atomic mass is 15.3. The summed E-state index contributed by atoms with van der Waals surface area (Å²) in [5.41, 5.74) is 38.1. The van der Waals surface area contributed by atoms with Crippen molar-refractivity contribution in [2.75, 3.05) is 20.0 Å². The average molecular weight is 1240 g/mol. The molecular weight excluding hydrogens is 1150 g/mol. The molecule has 1 aromatic heterocycles. The molecule has 0 fully saturated rings. The molecule has 95 heavy (non-hydrogen) atoms. The number of hydrogen-bond donors (Lipinski definition) is 1. The Balaban J connectivity index is 0.980. The van der Waals surface area contributed by atoms with Crippen LogP contribution in [0.25, 0.3) is 27.9 Å². The third kappa shape index (κ3) is 8.89. The number of nitrogens with zero attached hydrogens (tertiary/aromatic N) is 4. The van der Waals surface area contributed by atoms with E-state index in [0.717, 1.165) is 42.0 Å². The third-order valence-electron chi connectivity index (χ3n) is 23.5. The first-order valence-electron chi connectivity index (χ1n) is 35.0. The molecule has 470 valence electrons. The maximum absolute atomic E-state index is 4.36. The normalized spacial score (nSPS) is 16.9. The number of nitrogens with one attached hydrogen (secondary N) is 1. The lowest BCUT2D eigenvalue weighted by molar-refractivity contribution is 0.332. The number of anilines is 11. The predicted octanol–water partition coefficient (Wildman–Crippen LogP) is 19.5. The van der Waals surface area contributed by atoms with Crippen molar-refractivity contribution in [2.45, 2.75) is 157 Å². The number of para-hydroxylation sites is 3. The number of aromatic nitrogens is 1. The van der Waals surface area contributed by atoms with Crippen LogP contribution in [-0.2, 0) is 27.1 Å². The highest BCUT2D eigenvalue weighted by molar-refractivity contribution is 7.03. The van der Waals surface area contributed by atoms with Gasteiger partial charge in [-0.05, 0) is 266 Å². The molecule has 0 unspecified atom stereocenters. The zero-order chi connectivity index (χ0) is 65.7. The van der Waals surface area contributed by atoms with Gasteiger partial charge < -0.3 is 15.1 Å². The molecule has 0 radical (unpaired) electrons. The Labute approximate surface area is 565 Å². The molecule has 0 spiro atoms. The molecule has 5 nitrogen and oxygen atoms in total. The minimum Gasteiger partial charge on any atom is -0.356 e. The largest absolute Gasteiger partial charge is 0.356 e. The van der Waals surface area contributed by atoms with Gasteiger partial charge in [-0.1, -0.05) is 185 Å². The van der Waals surface area contributed by atoms with Crippen LogP contribution in [0.1, 0.15) is 152 Å². The summed E-state index contributed by atoms with van der Waals surface area (Å²) in [6, 6.07) is 78.5. The summed E-state index contributed by atoms with van der Waals surface area (Å²) in [4.78, 5) is 7.96. The van der Waals surface area contributed by atoms with Crippen molar-refractivity contribution in [1.29, 1.82) is 0 Å². The molecule has 2 aliphatic carbocycles. The molecule has 0 saturated carbocycles. The number of rotatable bonds is 6. The Morgan fingerprint density at radius 1 is 0.347 bits per heavy atom. The second kappa shape index (κ2) is 20.7. The molecule has 0 atom stereocenters. The van der Waals surface area contributed by atoms with Gasteiger partial charge >= 0.3 is 0 Å². The lowest BCUT2D eigenvalue weighted by atomic mass is 9.30. The van der Waals surface area contributed by atoms with Gasteiger partial charge in [0.05, 0.1) is 0 Å². The SMILES string of the molecule is Cc1cccc(C)c1-c1cc2c3c(c1)N(c1ccc4c(c1)C(C)(C)CCC4(C)C)c1c(cc(C(C)(C)C)n1-c1ccccc1)B3c1cc3c(cc1N2)N(c1ccccc1)c1cc(-c2c(C)cccc2C)cc2c1B3c1ccccc1N2c1ccc2c(c1)C(C)(C)CCC2(C)C. The van der Waals surface area contributed by atoms with E-state index in [1.54, 1.807) is 0 Å². The average Bonchev–Trinajstić information content (AvgIpc) is 1.62. The summed E-state index contributed by atoms with van der Waals surface area (Å²) in [7, 11) is 0. The predicted molar refractivity (Wildman–Crippen MR) is 408 cm³/mol. The Morgan fingerprint density at radius 2 is 0.811 bits per heavy atom. The summed E-state index contributed by atoms with van der Waals surface area (Å²) < 4.78 is 2.64. The van der Waals surface area contributed by atoms with Crippen molar-refractivity contribution in [1.82, 2.24) is 4.57 Å². The molecule has 0 amide bonds. The summed E-state index contributed by atoms with van der Waals surface area (Å²) in [5.74, 6) is 1.20. The van der Waals surface area contributed by atoms with Crippen LogP contribution >= 0.6 is 0 Å². The monoisotopic (exact) mass is 1240 g/mol. The van der Waals surface area contributed by atoms with Crippen LogP contribution in [0.15, 0.2) is 200 Å². The smallest absolute Gasteiger partial charge is 0.254 e. The zero-order valence-electron chi connectivity index (χ0n) is 58.3. The first-order chi connectivity index (χ1) is 45.4. The van der Waals surface area contributed by atoms with Gasteiger partial charge in [0.25, 0.3) is 13.4 Å². The van der Waals surface area contributed by atoms with Crippen LogP contribution in [0, 0.1) is 27.7 Å². The molecule has 1 N–H and O–H groups in total. The van der Waals surface area contributed by atoms with E-state index in [1.165, 1.54) is 157 Å². The molecular formula is C88H87B2N5. The lowest BCUT2D eigenvalue weighted by Gasteiger charge is -2.46. The molecule has 0 bridgehead atoms. The van der Waals surface area contributed by atoms with Crippen molar-refractivity contribution < 1.29 is 0 Å². The number of hydrogen-bond acceptors (Lipinski definition) is 4. The number of benzene rings is 10. The number of fused-ring (bicyclic) bond motifs is 10. The van der Waals surface area contributed by atoms with E-state index in [2.05, 4.69) is 329 Å². The topological polar surface area (TPSA) is 26.7 Å². The number of aryl methyl sites for hydroxylation is 4. The summed E-state index contributed by atoms with van der Waals surface area (Å²) >= 11 is 0. The van der Waals surface area contributed by atoms with Crippen molar-refractivity contribution in [2.24, 2.45) is 0 Å². The Kier molecular flexibility index (Phi) is 12.9. The fourth-order valence-electron chi connectivity index (χ4n) is 18.3. The van der Waals surface area contributed by atoms with Crippen molar-refractivity contribution in [3.63, 3.8) is 0 Å². The standard InChI is InChI=1S/C88H87B2N5/c1-53-26-24-27-54(2)79(53)57-44-72-81-75(45-57)94(62-37-39-64-66(49-62)88(14,15)43-41-86(64,10)11)83-70(51-78(84(5,6)7)95(83)60-32-20-17-21-33-60)90(81)68-50-69-74(52-71(68)91-72)92(59-30-18-16-19-31-59)76-46-58(80-55(3)28-25-29-56(80)4)47-77-82(76)89(69)67-34-22-23-35-73(67)93(77)61-36-38-63-65(48-61)87(12,13)42-40-85(63,8)9/h16-39,44-52,91H,40-43H2,1-15H3. The molecule has 10 aromatic carbocycles. The van der Waals surface area contributed by atoms with E-state index < -0.39 is 0 Å². The first kappa shape index (κ1) is 59.5. The summed E-state index contributed by atoms with van der Waals surface area (Å²) in [5, 5.41) is 4.36. The fourth-order valence-corrected chi connectivity index (χ4v) is 18.3.